The van der Waals surface area contributed by atoms with Crippen LogP contribution in [0.3, 0.4) is 0 Å². The first-order chi connectivity index (χ1) is 13.7. The predicted octanol–water partition coefficient (Wildman–Crippen LogP) is 3.81. The van der Waals surface area contributed by atoms with Gasteiger partial charge in [-0.15, -0.1) is 0 Å². The van der Waals surface area contributed by atoms with Crippen LogP contribution in [-0.4, -0.2) is 29.0 Å². The van der Waals surface area contributed by atoms with E-state index in [1.807, 2.05) is 0 Å². The second kappa shape index (κ2) is 9.99. The lowest BCUT2D eigenvalue weighted by molar-refractivity contribution is -0.384. The lowest BCUT2D eigenvalue weighted by Gasteiger charge is -2.20. The molecule has 2 N–H and O–H groups in total. The molecular weight excluding hydrogens is 419 g/mol. The number of carbonyl (C=O) groups is 2. The Bertz CT molecular complexity index is 946. The Hall–Kier alpha value is -2.97. The van der Waals surface area contributed by atoms with Gasteiger partial charge in [-0.3, -0.25) is 19.7 Å². The quantitative estimate of drug-likeness (QED) is 0.390. The minimum Gasteiger partial charge on any atom is -0.340 e. The molecule has 0 radical (unpaired) electrons. The van der Waals surface area contributed by atoms with Gasteiger partial charge < -0.3 is 5.32 Å². The Morgan fingerprint density at radius 1 is 1.14 bits per heavy atom. The maximum Gasteiger partial charge on any atom is 0.269 e. The van der Waals surface area contributed by atoms with Crippen LogP contribution in [0.1, 0.15) is 29.8 Å². The van der Waals surface area contributed by atoms with Crippen LogP contribution in [0, 0.1) is 16.0 Å². The van der Waals surface area contributed by atoms with Gasteiger partial charge in [-0.1, -0.05) is 37.0 Å². The Balaban J connectivity index is 2.03. The van der Waals surface area contributed by atoms with Gasteiger partial charge >= 0.3 is 0 Å². The van der Waals surface area contributed by atoms with Crippen LogP contribution >= 0.6 is 23.2 Å². The van der Waals surface area contributed by atoms with Crippen molar-refractivity contribution in [2.75, 3.05) is 0 Å². The molecule has 0 saturated carbocycles. The highest BCUT2D eigenvalue weighted by Crippen LogP contribution is 2.21. The third-order valence-corrected chi connectivity index (χ3v) is 4.45. The molecular formula is C19H18Cl2N4O4. The SMILES string of the molecule is CC(C)C(NC(=O)c1ccc(Cl)cc1Cl)C(=O)NN=Cc1ccc([N+](=O)[O-])cc1. The molecule has 2 amide bonds. The zero-order valence-corrected chi connectivity index (χ0v) is 17.1. The standard InChI is InChI=1S/C19H18Cl2N4O4/c1-11(2)17(23-18(26)15-8-5-13(20)9-16(15)21)19(27)24-22-10-12-3-6-14(7-4-12)25(28)29/h3-11,17H,1-2H3,(H,23,26)(H,24,27). The summed E-state index contributed by atoms with van der Waals surface area (Å²) in [6.07, 6.45) is 1.34. The average molecular weight is 437 g/mol. The summed E-state index contributed by atoms with van der Waals surface area (Å²) in [5, 5.41) is 17.7. The number of nitro benzene ring substituents is 1. The number of rotatable bonds is 7. The van der Waals surface area contributed by atoms with Gasteiger partial charge in [0.05, 0.1) is 21.7 Å². The van der Waals surface area contributed by atoms with E-state index in [9.17, 15) is 19.7 Å². The maximum atomic E-state index is 12.5. The summed E-state index contributed by atoms with van der Waals surface area (Å²) >= 11 is 11.9. The van der Waals surface area contributed by atoms with E-state index in [0.29, 0.717) is 10.6 Å². The van der Waals surface area contributed by atoms with E-state index in [1.165, 1.54) is 48.7 Å². The fraction of sp³-hybridized carbons (Fsp3) is 0.211. The number of hydrogen-bond donors (Lipinski definition) is 2. The first kappa shape index (κ1) is 22.3. The zero-order valence-electron chi connectivity index (χ0n) is 15.6. The van der Waals surface area contributed by atoms with Gasteiger partial charge in [0.1, 0.15) is 6.04 Å². The molecule has 10 heteroatoms. The van der Waals surface area contributed by atoms with Crippen LogP contribution in [0.5, 0.6) is 0 Å². The molecule has 0 aliphatic carbocycles. The molecule has 0 bridgehead atoms. The Kier molecular flexibility index (Phi) is 7.69. The molecule has 0 aliphatic heterocycles. The normalized spacial score (nSPS) is 12.0. The van der Waals surface area contributed by atoms with Crippen molar-refractivity contribution < 1.29 is 14.5 Å². The molecule has 1 atom stereocenters. The van der Waals surface area contributed by atoms with Crippen molar-refractivity contribution in [3.63, 3.8) is 0 Å². The first-order valence-corrected chi connectivity index (χ1v) is 9.28. The molecule has 1 unspecified atom stereocenters. The van der Waals surface area contributed by atoms with Crippen LogP contribution in [-0.2, 0) is 4.79 Å². The number of nitrogens with zero attached hydrogens (tertiary/aromatic N) is 2. The third-order valence-electron chi connectivity index (χ3n) is 3.90. The Morgan fingerprint density at radius 2 is 1.79 bits per heavy atom. The number of nitro groups is 1. The average Bonchev–Trinajstić information content (AvgIpc) is 2.65. The summed E-state index contributed by atoms with van der Waals surface area (Å²) in [5.74, 6) is -1.25. The molecule has 152 valence electrons. The molecule has 0 spiro atoms. The molecule has 29 heavy (non-hydrogen) atoms. The third kappa shape index (κ3) is 6.27. The van der Waals surface area contributed by atoms with Crippen LogP contribution in [0.25, 0.3) is 0 Å². The number of nitrogens with one attached hydrogen (secondary N) is 2. The molecule has 0 fully saturated rings. The molecule has 2 aromatic carbocycles. The van der Waals surface area contributed by atoms with Crippen molar-refractivity contribution in [1.29, 1.82) is 0 Å². The highest BCUT2D eigenvalue weighted by atomic mass is 35.5. The predicted molar refractivity (Wildman–Crippen MR) is 111 cm³/mol. The number of amides is 2. The lowest BCUT2D eigenvalue weighted by Crippen LogP contribution is -2.48. The number of carbonyl (C=O) groups excluding carboxylic acids is 2. The second-order valence-electron chi connectivity index (χ2n) is 6.40. The van der Waals surface area contributed by atoms with Crippen molar-refractivity contribution in [3.8, 4) is 0 Å². The van der Waals surface area contributed by atoms with E-state index < -0.39 is 22.8 Å². The summed E-state index contributed by atoms with van der Waals surface area (Å²) in [4.78, 5) is 35.0. The van der Waals surface area contributed by atoms with E-state index in [2.05, 4.69) is 15.8 Å². The van der Waals surface area contributed by atoms with Crippen molar-refractivity contribution >= 4 is 46.9 Å². The first-order valence-electron chi connectivity index (χ1n) is 8.52. The summed E-state index contributed by atoms with van der Waals surface area (Å²) in [6.45, 7) is 3.54. The van der Waals surface area contributed by atoms with E-state index in [0.717, 1.165) is 0 Å². The van der Waals surface area contributed by atoms with Crippen molar-refractivity contribution in [3.05, 3.63) is 73.8 Å². The largest absolute Gasteiger partial charge is 0.340 e. The fourth-order valence-electron chi connectivity index (χ4n) is 2.35. The molecule has 0 saturated heterocycles. The number of benzene rings is 2. The van der Waals surface area contributed by atoms with Crippen molar-refractivity contribution in [2.24, 2.45) is 11.0 Å². The Labute approximate surface area is 177 Å². The summed E-state index contributed by atoms with van der Waals surface area (Å²) < 4.78 is 0. The minimum atomic E-state index is -0.858. The molecule has 2 rings (SSSR count). The lowest BCUT2D eigenvalue weighted by atomic mass is 10.0. The molecule has 8 nitrogen and oxygen atoms in total. The van der Waals surface area contributed by atoms with Gasteiger partial charge in [0.2, 0.25) is 0 Å². The number of hydrazone groups is 1. The van der Waals surface area contributed by atoms with Crippen LogP contribution in [0.4, 0.5) is 5.69 Å². The summed E-state index contributed by atoms with van der Waals surface area (Å²) in [5.41, 5.74) is 3.07. The molecule has 0 aliphatic rings. The van der Waals surface area contributed by atoms with E-state index >= 15 is 0 Å². The zero-order chi connectivity index (χ0) is 21.6. The van der Waals surface area contributed by atoms with E-state index in [4.69, 9.17) is 23.2 Å². The topological polar surface area (TPSA) is 114 Å². The van der Waals surface area contributed by atoms with Gasteiger partial charge in [-0.25, -0.2) is 5.43 Å². The van der Waals surface area contributed by atoms with E-state index in [-0.39, 0.29) is 22.2 Å². The minimum absolute atomic E-state index is 0.0466. The van der Waals surface area contributed by atoms with Crippen molar-refractivity contribution in [1.82, 2.24) is 10.7 Å². The molecule has 2 aromatic rings. The monoisotopic (exact) mass is 436 g/mol. The number of halogens is 2. The maximum absolute atomic E-state index is 12.5. The summed E-state index contributed by atoms with van der Waals surface area (Å²) in [7, 11) is 0. The molecule has 0 aromatic heterocycles. The second-order valence-corrected chi connectivity index (χ2v) is 7.25. The van der Waals surface area contributed by atoms with Gasteiger partial charge in [0.15, 0.2) is 0 Å². The fourth-order valence-corrected chi connectivity index (χ4v) is 2.84. The van der Waals surface area contributed by atoms with Gasteiger partial charge in [-0.05, 0) is 41.8 Å². The highest BCUT2D eigenvalue weighted by molar-refractivity contribution is 6.36. The summed E-state index contributed by atoms with van der Waals surface area (Å²) in [6, 6.07) is 9.24. The van der Waals surface area contributed by atoms with Crippen LogP contribution < -0.4 is 10.7 Å². The van der Waals surface area contributed by atoms with Gasteiger partial charge in [0, 0.05) is 17.2 Å². The highest BCUT2D eigenvalue weighted by Gasteiger charge is 2.25. The van der Waals surface area contributed by atoms with Crippen LogP contribution in [0.15, 0.2) is 47.6 Å². The van der Waals surface area contributed by atoms with Gasteiger partial charge in [-0.2, -0.15) is 5.10 Å². The molecule has 0 heterocycles. The number of hydrogen-bond acceptors (Lipinski definition) is 5. The Morgan fingerprint density at radius 3 is 2.34 bits per heavy atom. The van der Waals surface area contributed by atoms with Crippen LogP contribution in [0.2, 0.25) is 10.0 Å². The van der Waals surface area contributed by atoms with Gasteiger partial charge in [0.25, 0.3) is 17.5 Å². The smallest absolute Gasteiger partial charge is 0.269 e. The van der Waals surface area contributed by atoms with E-state index in [1.54, 1.807) is 13.8 Å². The number of non-ortho nitro benzene ring substituents is 1. The van der Waals surface area contributed by atoms with Crippen molar-refractivity contribution in [2.45, 2.75) is 19.9 Å².